The van der Waals surface area contributed by atoms with Gasteiger partial charge in [-0.3, -0.25) is 0 Å². The second-order valence-corrected chi connectivity index (χ2v) is 7.46. The van der Waals surface area contributed by atoms with E-state index in [0.717, 1.165) is 44.2 Å². The van der Waals surface area contributed by atoms with Crippen LogP contribution in [0.1, 0.15) is 67.2 Å². The Hall–Kier alpha value is -1.91. The van der Waals surface area contributed by atoms with Crippen LogP contribution in [0.3, 0.4) is 0 Å². The summed E-state index contributed by atoms with van der Waals surface area (Å²) < 4.78 is 67.0. The van der Waals surface area contributed by atoms with Crippen LogP contribution in [0, 0.1) is 17.6 Å². The first kappa shape index (κ1) is 19.8. The van der Waals surface area contributed by atoms with E-state index in [4.69, 9.17) is 0 Å². The first-order chi connectivity index (χ1) is 12.8. The zero-order valence-electron chi connectivity index (χ0n) is 15.3. The zero-order chi connectivity index (χ0) is 19.6. The molecule has 146 valence electrons. The van der Waals surface area contributed by atoms with Gasteiger partial charge in [0.2, 0.25) is 0 Å². The predicted octanol–water partition coefficient (Wildman–Crippen LogP) is 7.26. The summed E-state index contributed by atoms with van der Waals surface area (Å²) in [5, 5.41) is 0. The minimum atomic E-state index is -4.42. The van der Waals surface area contributed by atoms with Gasteiger partial charge in [0.05, 0.1) is 5.56 Å². The highest BCUT2D eigenvalue weighted by molar-refractivity contribution is 5.34. The molecule has 0 aromatic heterocycles. The highest BCUT2D eigenvalue weighted by Crippen LogP contribution is 2.38. The molecule has 2 aromatic carbocycles. The topological polar surface area (TPSA) is 0 Å². The molecule has 0 heterocycles. The van der Waals surface area contributed by atoms with Crippen LogP contribution in [0.4, 0.5) is 22.0 Å². The standard InChI is InChI=1S/C22H23F5/c1-2-14-3-7-16(8-4-14)17-12-20(23)19(21(24)13-17)11-15-5-9-18(10-6-15)22(25,26)27/h5-6,9-10,12-14,16H,2-4,7-8,11H2,1H3. The molecule has 0 unspecified atom stereocenters. The second kappa shape index (κ2) is 7.99. The summed E-state index contributed by atoms with van der Waals surface area (Å²) in [6.45, 7) is 2.17. The van der Waals surface area contributed by atoms with Crippen LogP contribution >= 0.6 is 0 Å². The molecule has 0 spiro atoms. The van der Waals surface area contributed by atoms with Gasteiger partial charge in [0, 0.05) is 12.0 Å². The highest BCUT2D eigenvalue weighted by atomic mass is 19.4. The van der Waals surface area contributed by atoms with Gasteiger partial charge in [0.15, 0.2) is 0 Å². The van der Waals surface area contributed by atoms with Crippen molar-refractivity contribution in [3.8, 4) is 0 Å². The zero-order valence-corrected chi connectivity index (χ0v) is 15.3. The highest BCUT2D eigenvalue weighted by Gasteiger charge is 2.30. The van der Waals surface area contributed by atoms with Gasteiger partial charge in [-0.1, -0.05) is 25.5 Å². The normalized spacial score (nSPS) is 20.7. The molecule has 0 radical (unpaired) electrons. The molecule has 0 N–H and O–H groups in total. The summed E-state index contributed by atoms with van der Waals surface area (Å²) in [7, 11) is 0. The number of benzene rings is 2. The number of hydrogen-bond acceptors (Lipinski definition) is 0. The van der Waals surface area contributed by atoms with Crippen molar-refractivity contribution in [1.29, 1.82) is 0 Å². The van der Waals surface area contributed by atoms with E-state index in [0.29, 0.717) is 17.0 Å². The smallest absolute Gasteiger partial charge is 0.207 e. The molecule has 0 bridgehead atoms. The van der Waals surface area contributed by atoms with E-state index in [2.05, 4.69) is 6.92 Å². The number of alkyl halides is 3. The quantitative estimate of drug-likeness (QED) is 0.488. The second-order valence-electron chi connectivity index (χ2n) is 7.46. The van der Waals surface area contributed by atoms with Gasteiger partial charge >= 0.3 is 6.18 Å². The van der Waals surface area contributed by atoms with Crippen molar-refractivity contribution in [3.63, 3.8) is 0 Å². The van der Waals surface area contributed by atoms with E-state index < -0.39 is 23.4 Å². The largest absolute Gasteiger partial charge is 0.416 e. The van der Waals surface area contributed by atoms with Crippen molar-refractivity contribution in [2.75, 3.05) is 0 Å². The third-order valence-corrected chi connectivity index (χ3v) is 5.72. The Kier molecular flexibility index (Phi) is 5.87. The third kappa shape index (κ3) is 4.69. The summed E-state index contributed by atoms with van der Waals surface area (Å²) in [5.74, 6) is -0.364. The van der Waals surface area contributed by atoms with Crippen molar-refractivity contribution in [3.05, 3.63) is 70.3 Å². The first-order valence-electron chi connectivity index (χ1n) is 9.42. The van der Waals surface area contributed by atoms with Crippen molar-refractivity contribution >= 4 is 0 Å². The summed E-state index contributed by atoms with van der Waals surface area (Å²) >= 11 is 0. The molecule has 3 rings (SSSR count). The molecular formula is C22H23F5. The lowest BCUT2D eigenvalue weighted by Gasteiger charge is -2.28. The molecule has 1 aliphatic rings. The lowest BCUT2D eigenvalue weighted by molar-refractivity contribution is -0.137. The maximum absolute atomic E-state index is 14.5. The van der Waals surface area contributed by atoms with Crippen LogP contribution in [0.5, 0.6) is 0 Å². The van der Waals surface area contributed by atoms with Crippen molar-refractivity contribution in [1.82, 2.24) is 0 Å². The molecule has 2 aromatic rings. The number of halogens is 5. The van der Waals surface area contributed by atoms with Gasteiger partial charge in [0.1, 0.15) is 11.6 Å². The summed E-state index contributed by atoms with van der Waals surface area (Å²) in [6.07, 6.45) is 0.689. The Morgan fingerprint density at radius 3 is 1.93 bits per heavy atom. The molecule has 27 heavy (non-hydrogen) atoms. The summed E-state index contributed by atoms with van der Waals surface area (Å²) in [6, 6.07) is 7.21. The molecule has 0 nitrogen and oxygen atoms in total. The minimum Gasteiger partial charge on any atom is -0.207 e. The molecule has 0 saturated heterocycles. The third-order valence-electron chi connectivity index (χ3n) is 5.72. The van der Waals surface area contributed by atoms with Crippen LogP contribution in [0.2, 0.25) is 0 Å². The average Bonchev–Trinajstić information content (AvgIpc) is 2.64. The Balaban J connectivity index is 1.75. The van der Waals surface area contributed by atoms with Gasteiger partial charge in [-0.2, -0.15) is 13.2 Å². The Morgan fingerprint density at radius 2 is 1.44 bits per heavy atom. The maximum Gasteiger partial charge on any atom is 0.416 e. The van der Waals surface area contributed by atoms with Crippen molar-refractivity contribution in [2.45, 2.75) is 57.5 Å². The van der Waals surface area contributed by atoms with Crippen LogP contribution in [0.25, 0.3) is 0 Å². The fourth-order valence-electron chi connectivity index (χ4n) is 3.95. The van der Waals surface area contributed by atoms with Crippen LogP contribution in [-0.2, 0) is 12.6 Å². The van der Waals surface area contributed by atoms with Gasteiger partial charge in [-0.15, -0.1) is 0 Å². The lowest BCUT2D eigenvalue weighted by atomic mass is 9.77. The molecule has 1 fully saturated rings. The first-order valence-corrected chi connectivity index (χ1v) is 9.42. The van der Waals surface area contributed by atoms with E-state index in [1.165, 1.54) is 24.3 Å². The van der Waals surface area contributed by atoms with Gasteiger partial charge < -0.3 is 0 Å². The van der Waals surface area contributed by atoms with Crippen LogP contribution in [-0.4, -0.2) is 0 Å². The number of rotatable bonds is 4. The van der Waals surface area contributed by atoms with E-state index in [9.17, 15) is 22.0 Å². The SMILES string of the molecule is CCC1CCC(c2cc(F)c(Cc3ccc(C(F)(F)F)cc3)c(F)c2)CC1. The predicted molar refractivity (Wildman–Crippen MR) is 95.6 cm³/mol. The fourth-order valence-corrected chi connectivity index (χ4v) is 3.95. The summed E-state index contributed by atoms with van der Waals surface area (Å²) in [4.78, 5) is 0. The van der Waals surface area contributed by atoms with Crippen LogP contribution < -0.4 is 0 Å². The van der Waals surface area contributed by atoms with E-state index >= 15 is 0 Å². The van der Waals surface area contributed by atoms with Crippen molar-refractivity contribution < 1.29 is 22.0 Å². The Morgan fingerprint density at radius 1 is 0.889 bits per heavy atom. The average molecular weight is 382 g/mol. The molecular weight excluding hydrogens is 359 g/mol. The van der Waals surface area contributed by atoms with E-state index in [1.807, 2.05) is 0 Å². The minimum absolute atomic E-state index is 0.0708. The molecule has 0 aliphatic heterocycles. The molecule has 5 heteroatoms. The van der Waals surface area contributed by atoms with Gasteiger partial charge in [-0.05, 0) is 72.9 Å². The fraction of sp³-hybridized carbons (Fsp3) is 0.455. The number of hydrogen-bond donors (Lipinski definition) is 0. The van der Waals surface area contributed by atoms with Gasteiger partial charge in [0.25, 0.3) is 0 Å². The van der Waals surface area contributed by atoms with E-state index in [1.54, 1.807) is 0 Å². The Bertz CT molecular complexity index is 745. The monoisotopic (exact) mass is 382 g/mol. The maximum atomic E-state index is 14.5. The molecule has 0 amide bonds. The van der Waals surface area contributed by atoms with Gasteiger partial charge in [-0.25, -0.2) is 8.78 Å². The Labute approximate surface area is 156 Å². The van der Waals surface area contributed by atoms with E-state index in [-0.39, 0.29) is 17.9 Å². The lowest BCUT2D eigenvalue weighted by Crippen LogP contribution is -2.13. The summed E-state index contributed by atoms with van der Waals surface area (Å²) in [5.41, 5.74) is 0.263. The van der Waals surface area contributed by atoms with Crippen LogP contribution in [0.15, 0.2) is 36.4 Å². The molecule has 1 aliphatic carbocycles. The van der Waals surface area contributed by atoms with Crippen molar-refractivity contribution in [2.24, 2.45) is 5.92 Å². The molecule has 0 atom stereocenters. The molecule has 1 saturated carbocycles.